The van der Waals surface area contributed by atoms with Gasteiger partial charge in [-0.3, -0.25) is 0 Å². The van der Waals surface area contributed by atoms with Crippen LogP contribution in [0.25, 0.3) is 0 Å². The second-order valence-corrected chi connectivity index (χ2v) is 2.73. The molecule has 0 aromatic carbocycles. The van der Waals surface area contributed by atoms with Gasteiger partial charge in [0.1, 0.15) is 0 Å². The molecule has 1 atom stereocenters. The Morgan fingerprint density at radius 1 is 1.57 bits per heavy atom. The van der Waals surface area contributed by atoms with Gasteiger partial charge in [-0.25, -0.2) is 0 Å². The zero-order valence-electron chi connectivity index (χ0n) is 4.45. The summed E-state index contributed by atoms with van der Waals surface area (Å²) in [6.07, 6.45) is 2.07. The Kier molecular flexibility index (Phi) is 5.12. The van der Waals surface area contributed by atoms with Gasteiger partial charge in [0.2, 0.25) is 0 Å². The van der Waals surface area contributed by atoms with Crippen molar-refractivity contribution in [1.82, 2.24) is 0 Å². The molecular formula is C5H10Cl2. The van der Waals surface area contributed by atoms with Crippen molar-refractivity contribution in [2.24, 2.45) is 0 Å². The molecule has 0 aliphatic carbocycles. The normalized spacial score (nSPS) is 14.1. The minimum atomic E-state index is 0.291. The Labute approximate surface area is 54.8 Å². The summed E-state index contributed by atoms with van der Waals surface area (Å²) in [6, 6.07) is 0. The molecule has 0 aromatic rings. The summed E-state index contributed by atoms with van der Waals surface area (Å²) in [4.78, 5) is 0. The van der Waals surface area contributed by atoms with Crippen molar-refractivity contribution in [3.8, 4) is 0 Å². The summed E-state index contributed by atoms with van der Waals surface area (Å²) in [6.45, 7) is 1.98. The third-order valence-corrected chi connectivity index (χ3v) is 1.22. The summed E-state index contributed by atoms with van der Waals surface area (Å²) in [5.74, 6) is 0.733. The molecule has 0 saturated heterocycles. The molecule has 0 nitrogen and oxygen atoms in total. The van der Waals surface area contributed by atoms with Gasteiger partial charge >= 0.3 is 0 Å². The van der Waals surface area contributed by atoms with Crippen molar-refractivity contribution in [1.29, 1.82) is 0 Å². The van der Waals surface area contributed by atoms with Crippen LogP contribution in [-0.2, 0) is 0 Å². The minimum absolute atomic E-state index is 0.291. The summed E-state index contributed by atoms with van der Waals surface area (Å²) < 4.78 is 0. The van der Waals surface area contributed by atoms with Gasteiger partial charge < -0.3 is 0 Å². The van der Waals surface area contributed by atoms with E-state index in [1.165, 1.54) is 0 Å². The Morgan fingerprint density at radius 3 is 2.29 bits per heavy atom. The second kappa shape index (κ2) is 4.73. The highest BCUT2D eigenvalue weighted by Gasteiger charge is 1.91. The molecule has 0 aromatic heterocycles. The van der Waals surface area contributed by atoms with E-state index in [9.17, 15) is 0 Å². The van der Waals surface area contributed by atoms with Crippen molar-refractivity contribution in [2.75, 3.05) is 5.88 Å². The largest absolute Gasteiger partial charge is 0.127 e. The average Bonchev–Trinajstić information content (AvgIpc) is 1.61. The van der Waals surface area contributed by atoms with Gasteiger partial charge in [-0.05, 0) is 19.8 Å². The van der Waals surface area contributed by atoms with Crippen molar-refractivity contribution in [3.05, 3.63) is 0 Å². The first kappa shape index (κ1) is 7.58. The summed E-state index contributed by atoms with van der Waals surface area (Å²) >= 11 is 11.0. The predicted molar refractivity (Wildman–Crippen MR) is 35.3 cm³/mol. The molecule has 0 N–H and O–H groups in total. The lowest BCUT2D eigenvalue weighted by atomic mass is 10.3. The van der Waals surface area contributed by atoms with Crippen molar-refractivity contribution in [3.63, 3.8) is 0 Å². The first-order chi connectivity index (χ1) is 3.27. The van der Waals surface area contributed by atoms with Gasteiger partial charge in [0.25, 0.3) is 0 Å². The fourth-order valence-electron chi connectivity index (χ4n) is 0.358. The zero-order chi connectivity index (χ0) is 5.70. The molecule has 0 aliphatic heterocycles. The van der Waals surface area contributed by atoms with E-state index >= 15 is 0 Å². The molecule has 0 aliphatic rings. The van der Waals surface area contributed by atoms with Crippen LogP contribution in [0.5, 0.6) is 0 Å². The van der Waals surface area contributed by atoms with E-state index in [1.807, 2.05) is 6.92 Å². The van der Waals surface area contributed by atoms with Crippen LogP contribution < -0.4 is 0 Å². The van der Waals surface area contributed by atoms with Crippen LogP contribution in [0.4, 0.5) is 0 Å². The molecule has 0 radical (unpaired) electrons. The molecule has 0 spiro atoms. The van der Waals surface area contributed by atoms with E-state index in [4.69, 9.17) is 23.2 Å². The highest BCUT2D eigenvalue weighted by Crippen LogP contribution is 2.03. The fourth-order valence-corrected chi connectivity index (χ4v) is 0.667. The fraction of sp³-hybridized carbons (Fsp3) is 1.00. The molecule has 7 heavy (non-hydrogen) atoms. The second-order valence-electron chi connectivity index (χ2n) is 1.61. The maximum Gasteiger partial charge on any atom is 0.0308 e. The predicted octanol–water partition coefficient (Wildman–Crippen LogP) is 2.63. The Bertz CT molecular complexity index is 35.1. The highest BCUT2D eigenvalue weighted by atomic mass is 35.5. The summed E-state index contributed by atoms with van der Waals surface area (Å²) in [5.41, 5.74) is 0. The highest BCUT2D eigenvalue weighted by molar-refractivity contribution is 6.20. The molecule has 0 rings (SSSR count). The Balaban J connectivity index is 2.68. The molecule has 0 fully saturated rings. The first-order valence-corrected chi connectivity index (χ1v) is 3.44. The lowest BCUT2D eigenvalue weighted by Crippen LogP contribution is -1.89. The maximum absolute atomic E-state index is 5.60. The Morgan fingerprint density at radius 2 is 2.14 bits per heavy atom. The minimum Gasteiger partial charge on any atom is -0.127 e. The monoisotopic (exact) mass is 140 g/mol. The van der Waals surface area contributed by atoms with E-state index in [0.717, 1.165) is 18.7 Å². The van der Waals surface area contributed by atoms with E-state index in [0.29, 0.717) is 5.38 Å². The summed E-state index contributed by atoms with van der Waals surface area (Å²) in [7, 11) is 0. The standard InChI is InChI=1S/C5H10Cl2/c1-5(7)3-2-4-6/h5H,2-4H2,1H3. The van der Waals surface area contributed by atoms with Crippen molar-refractivity contribution >= 4 is 23.2 Å². The van der Waals surface area contributed by atoms with Crippen LogP contribution >= 0.6 is 23.2 Å². The van der Waals surface area contributed by atoms with Gasteiger partial charge in [-0.2, -0.15) is 0 Å². The number of alkyl halides is 2. The van der Waals surface area contributed by atoms with Crippen LogP contribution in [-0.4, -0.2) is 11.3 Å². The SMILES string of the molecule is CC(Cl)CCCCl. The molecule has 0 saturated carbocycles. The molecule has 1 unspecified atom stereocenters. The van der Waals surface area contributed by atoms with E-state index in [1.54, 1.807) is 0 Å². The molecule has 0 heterocycles. The van der Waals surface area contributed by atoms with Crippen LogP contribution in [0, 0.1) is 0 Å². The van der Waals surface area contributed by atoms with E-state index in [-0.39, 0.29) is 0 Å². The molecule has 0 amide bonds. The lowest BCUT2D eigenvalue weighted by molar-refractivity contribution is 0.784. The maximum atomic E-state index is 5.60. The smallest absolute Gasteiger partial charge is 0.0308 e. The van der Waals surface area contributed by atoms with Crippen molar-refractivity contribution < 1.29 is 0 Å². The topological polar surface area (TPSA) is 0 Å². The van der Waals surface area contributed by atoms with Gasteiger partial charge in [-0.1, -0.05) is 0 Å². The Hall–Kier alpha value is 0.580. The molecule has 2 heteroatoms. The molecule has 0 bridgehead atoms. The van der Waals surface area contributed by atoms with E-state index < -0.39 is 0 Å². The number of rotatable bonds is 3. The third kappa shape index (κ3) is 6.58. The lowest BCUT2D eigenvalue weighted by Gasteiger charge is -1.95. The third-order valence-electron chi connectivity index (χ3n) is 0.736. The van der Waals surface area contributed by atoms with Gasteiger partial charge in [-0.15, -0.1) is 23.2 Å². The quantitative estimate of drug-likeness (QED) is 0.530. The van der Waals surface area contributed by atoms with E-state index in [2.05, 4.69) is 0 Å². The van der Waals surface area contributed by atoms with Gasteiger partial charge in [0.05, 0.1) is 0 Å². The molecule has 44 valence electrons. The number of halogens is 2. The van der Waals surface area contributed by atoms with Gasteiger partial charge in [0.15, 0.2) is 0 Å². The van der Waals surface area contributed by atoms with Crippen LogP contribution in [0.1, 0.15) is 19.8 Å². The van der Waals surface area contributed by atoms with Crippen molar-refractivity contribution in [2.45, 2.75) is 25.1 Å². The zero-order valence-corrected chi connectivity index (χ0v) is 5.97. The first-order valence-electron chi connectivity index (χ1n) is 2.47. The molecular weight excluding hydrogens is 131 g/mol. The van der Waals surface area contributed by atoms with Crippen LogP contribution in [0.3, 0.4) is 0 Å². The number of hydrogen-bond donors (Lipinski definition) is 0. The van der Waals surface area contributed by atoms with Crippen LogP contribution in [0.15, 0.2) is 0 Å². The van der Waals surface area contributed by atoms with Gasteiger partial charge in [0, 0.05) is 11.3 Å². The average molecular weight is 141 g/mol. The number of hydrogen-bond acceptors (Lipinski definition) is 0. The summed E-state index contributed by atoms with van der Waals surface area (Å²) in [5, 5.41) is 0.291. The van der Waals surface area contributed by atoms with Crippen LogP contribution in [0.2, 0.25) is 0 Å².